The summed E-state index contributed by atoms with van der Waals surface area (Å²) in [6, 6.07) is 11.8. The third-order valence-electron chi connectivity index (χ3n) is 4.09. The number of sulfonamides is 1. The van der Waals surface area contributed by atoms with Crippen molar-refractivity contribution >= 4 is 38.3 Å². The summed E-state index contributed by atoms with van der Waals surface area (Å²) in [5, 5.41) is 13.2. The van der Waals surface area contributed by atoms with Gasteiger partial charge in [-0.25, -0.2) is 8.42 Å². The number of H-pyrrole nitrogens is 1. The number of nitrogens with zero attached hydrogens (tertiary/aromatic N) is 3. The summed E-state index contributed by atoms with van der Waals surface area (Å²) in [7, 11) is -3.20. The van der Waals surface area contributed by atoms with Crippen LogP contribution in [0.15, 0.2) is 42.5 Å². The zero-order chi connectivity index (χ0) is 17.4. The Morgan fingerprint density at radius 3 is 2.56 bits per heavy atom. The zero-order valence-corrected chi connectivity index (χ0v) is 14.0. The molecule has 8 nitrogen and oxygen atoms in total. The van der Waals surface area contributed by atoms with Crippen LogP contribution in [0.5, 0.6) is 0 Å². The molecule has 9 heteroatoms. The number of hydrogen-bond donors (Lipinski definition) is 2. The Morgan fingerprint density at radius 2 is 1.84 bits per heavy atom. The average molecular weight is 357 g/mol. The van der Waals surface area contributed by atoms with Gasteiger partial charge in [-0.2, -0.15) is 15.4 Å². The Hall–Kier alpha value is -2.94. The lowest BCUT2D eigenvalue weighted by Gasteiger charge is -2.17. The highest BCUT2D eigenvalue weighted by atomic mass is 32.2. The van der Waals surface area contributed by atoms with Gasteiger partial charge in [0.15, 0.2) is 0 Å². The molecule has 1 aliphatic rings. The van der Waals surface area contributed by atoms with Crippen LogP contribution >= 0.6 is 0 Å². The molecule has 2 heterocycles. The highest BCUT2D eigenvalue weighted by Crippen LogP contribution is 2.25. The SMILES string of the molecule is O=C(Nc1ccc(N2CCCS2(=O)=O)cc1)c1ccc2n[nH]nc2c1. The molecule has 1 aromatic heterocycles. The van der Waals surface area contributed by atoms with E-state index >= 15 is 0 Å². The van der Waals surface area contributed by atoms with Gasteiger partial charge in [-0.1, -0.05) is 0 Å². The van der Waals surface area contributed by atoms with Crippen molar-refractivity contribution in [3.63, 3.8) is 0 Å². The van der Waals surface area contributed by atoms with Gasteiger partial charge in [0.05, 0.1) is 11.4 Å². The van der Waals surface area contributed by atoms with Crippen LogP contribution in [0.4, 0.5) is 11.4 Å². The number of carbonyl (C=O) groups excluding carboxylic acids is 1. The number of fused-ring (bicyclic) bond motifs is 1. The monoisotopic (exact) mass is 357 g/mol. The molecule has 0 radical (unpaired) electrons. The van der Waals surface area contributed by atoms with Gasteiger partial charge in [0.2, 0.25) is 10.0 Å². The molecule has 1 saturated heterocycles. The van der Waals surface area contributed by atoms with E-state index in [1.54, 1.807) is 42.5 Å². The Morgan fingerprint density at radius 1 is 1.08 bits per heavy atom. The van der Waals surface area contributed by atoms with E-state index < -0.39 is 10.0 Å². The van der Waals surface area contributed by atoms with Crippen LogP contribution in [0.3, 0.4) is 0 Å². The van der Waals surface area contributed by atoms with Gasteiger partial charge < -0.3 is 5.32 Å². The predicted molar refractivity (Wildman–Crippen MR) is 94.0 cm³/mol. The maximum Gasteiger partial charge on any atom is 0.255 e. The first-order valence-corrected chi connectivity index (χ1v) is 9.36. The summed E-state index contributed by atoms with van der Waals surface area (Å²) in [6.45, 7) is 0.492. The van der Waals surface area contributed by atoms with Gasteiger partial charge in [-0.15, -0.1) is 0 Å². The van der Waals surface area contributed by atoms with Crippen LogP contribution < -0.4 is 9.62 Å². The van der Waals surface area contributed by atoms with Gasteiger partial charge in [-0.05, 0) is 48.9 Å². The standard InChI is InChI=1S/C16H15N5O3S/c22-16(11-2-7-14-15(10-11)19-20-18-14)17-12-3-5-13(6-4-12)21-8-1-9-25(21,23)24/h2-7,10H,1,8-9H2,(H,17,22)(H,18,19,20). The van der Waals surface area contributed by atoms with Gasteiger partial charge in [0.25, 0.3) is 5.91 Å². The molecule has 4 rings (SSSR count). The molecule has 2 N–H and O–H groups in total. The summed E-state index contributed by atoms with van der Waals surface area (Å²) < 4.78 is 25.3. The zero-order valence-electron chi connectivity index (χ0n) is 13.1. The fourth-order valence-corrected chi connectivity index (χ4v) is 4.39. The summed E-state index contributed by atoms with van der Waals surface area (Å²) in [5.74, 6) is -0.0952. The van der Waals surface area contributed by atoms with E-state index in [0.717, 1.165) is 0 Å². The first-order valence-electron chi connectivity index (χ1n) is 7.75. The molecule has 0 atom stereocenters. The maximum absolute atomic E-state index is 12.3. The second-order valence-electron chi connectivity index (χ2n) is 5.77. The van der Waals surface area contributed by atoms with Crippen molar-refractivity contribution in [2.45, 2.75) is 6.42 Å². The van der Waals surface area contributed by atoms with Crippen LogP contribution in [0, 0.1) is 0 Å². The second kappa shape index (κ2) is 5.85. The first kappa shape index (κ1) is 15.6. The van der Waals surface area contributed by atoms with Crippen LogP contribution in [-0.4, -0.2) is 42.0 Å². The summed E-state index contributed by atoms with van der Waals surface area (Å²) in [6.07, 6.45) is 0.630. The largest absolute Gasteiger partial charge is 0.322 e. The predicted octanol–water partition coefficient (Wildman–Crippen LogP) is 1.75. The molecular formula is C16H15N5O3S. The molecule has 0 saturated carbocycles. The Labute approximate surface area is 143 Å². The van der Waals surface area contributed by atoms with Crippen molar-refractivity contribution in [3.8, 4) is 0 Å². The fourth-order valence-electron chi connectivity index (χ4n) is 2.83. The summed E-state index contributed by atoms with van der Waals surface area (Å²) in [4.78, 5) is 12.3. The summed E-state index contributed by atoms with van der Waals surface area (Å²) in [5.41, 5.74) is 2.97. The lowest BCUT2D eigenvalue weighted by Crippen LogP contribution is -2.24. The number of hydrogen-bond acceptors (Lipinski definition) is 5. The number of carbonyl (C=O) groups is 1. The molecule has 3 aromatic rings. The minimum atomic E-state index is -3.20. The van der Waals surface area contributed by atoms with E-state index in [-0.39, 0.29) is 11.7 Å². The Kier molecular flexibility index (Phi) is 3.65. The van der Waals surface area contributed by atoms with Gasteiger partial charge in [0.1, 0.15) is 11.0 Å². The number of benzene rings is 2. The average Bonchev–Trinajstić information content (AvgIpc) is 3.20. The normalized spacial score (nSPS) is 16.2. The topological polar surface area (TPSA) is 108 Å². The van der Waals surface area contributed by atoms with Gasteiger partial charge >= 0.3 is 0 Å². The lowest BCUT2D eigenvalue weighted by atomic mass is 10.2. The number of aromatic amines is 1. The van der Waals surface area contributed by atoms with Gasteiger partial charge in [-0.3, -0.25) is 9.10 Å². The maximum atomic E-state index is 12.3. The highest BCUT2D eigenvalue weighted by molar-refractivity contribution is 7.93. The molecule has 128 valence electrons. The molecule has 0 aliphatic carbocycles. The molecule has 1 aliphatic heterocycles. The number of nitrogens with one attached hydrogen (secondary N) is 2. The van der Waals surface area contributed by atoms with Crippen molar-refractivity contribution in [1.82, 2.24) is 15.4 Å². The first-order chi connectivity index (χ1) is 12.0. The number of amides is 1. The van der Waals surface area contributed by atoms with Crippen molar-refractivity contribution in [2.24, 2.45) is 0 Å². The Bertz CT molecular complexity index is 1040. The van der Waals surface area contributed by atoms with Crippen LogP contribution in [0.2, 0.25) is 0 Å². The van der Waals surface area contributed by atoms with Gasteiger partial charge in [0, 0.05) is 17.8 Å². The van der Waals surface area contributed by atoms with Crippen LogP contribution in [0.25, 0.3) is 11.0 Å². The third kappa shape index (κ3) is 2.93. The third-order valence-corrected chi connectivity index (χ3v) is 5.96. The smallest absolute Gasteiger partial charge is 0.255 e. The highest BCUT2D eigenvalue weighted by Gasteiger charge is 2.28. The molecule has 1 fully saturated rings. The van der Waals surface area contributed by atoms with Crippen molar-refractivity contribution < 1.29 is 13.2 Å². The molecular weight excluding hydrogens is 342 g/mol. The van der Waals surface area contributed by atoms with E-state index in [1.807, 2.05) is 0 Å². The molecule has 0 spiro atoms. The number of anilines is 2. The second-order valence-corrected chi connectivity index (χ2v) is 7.78. The number of aromatic nitrogens is 3. The quantitative estimate of drug-likeness (QED) is 0.742. The summed E-state index contributed by atoms with van der Waals surface area (Å²) >= 11 is 0. The molecule has 1 amide bonds. The molecule has 0 unspecified atom stereocenters. The molecule has 25 heavy (non-hydrogen) atoms. The van der Waals surface area contributed by atoms with E-state index in [0.29, 0.717) is 40.9 Å². The Balaban J connectivity index is 1.51. The van der Waals surface area contributed by atoms with E-state index in [9.17, 15) is 13.2 Å². The number of rotatable bonds is 3. The fraction of sp³-hybridized carbons (Fsp3) is 0.188. The molecule has 0 bridgehead atoms. The molecule has 2 aromatic carbocycles. The van der Waals surface area contributed by atoms with E-state index in [1.165, 1.54) is 4.31 Å². The minimum Gasteiger partial charge on any atom is -0.322 e. The van der Waals surface area contributed by atoms with Crippen LogP contribution in [0.1, 0.15) is 16.8 Å². The van der Waals surface area contributed by atoms with Crippen molar-refractivity contribution in [1.29, 1.82) is 0 Å². The minimum absolute atomic E-state index is 0.177. The van der Waals surface area contributed by atoms with E-state index in [4.69, 9.17) is 0 Å². The van der Waals surface area contributed by atoms with E-state index in [2.05, 4.69) is 20.7 Å². The van der Waals surface area contributed by atoms with Crippen molar-refractivity contribution in [3.05, 3.63) is 48.0 Å². The lowest BCUT2D eigenvalue weighted by molar-refractivity contribution is 0.102. The van der Waals surface area contributed by atoms with Crippen molar-refractivity contribution in [2.75, 3.05) is 21.9 Å². The van der Waals surface area contributed by atoms with Crippen LogP contribution in [-0.2, 0) is 10.0 Å².